The second-order valence-corrected chi connectivity index (χ2v) is 7.59. The van der Waals surface area contributed by atoms with Gasteiger partial charge in [-0.1, -0.05) is 23.7 Å². The fourth-order valence-corrected chi connectivity index (χ4v) is 3.68. The van der Waals surface area contributed by atoms with E-state index in [0.717, 1.165) is 17.8 Å². The first-order valence-electron chi connectivity index (χ1n) is 9.45. The molecule has 3 aromatic rings. The van der Waals surface area contributed by atoms with Crippen LogP contribution in [-0.2, 0) is 6.54 Å². The number of halogens is 2. The van der Waals surface area contributed by atoms with Crippen LogP contribution in [0.2, 0.25) is 5.02 Å². The van der Waals surface area contributed by atoms with Crippen molar-refractivity contribution in [3.8, 4) is 0 Å². The third-order valence-electron chi connectivity index (χ3n) is 5.09. The summed E-state index contributed by atoms with van der Waals surface area (Å²) in [5.74, 6) is 0.195. The topological polar surface area (TPSA) is 54.3 Å². The number of nitrogens with zero attached hydrogens (tertiary/aromatic N) is 5. The summed E-state index contributed by atoms with van der Waals surface area (Å²) in [7, 11) is 0. The van der Waals surface area contributed by atoms with Crippen LogP contribution in [0.3, 0.4) is 0 Å². The smallest absolute Gasteiger partial charge is 0.352 e. The van der Waals surface area contributed by atoms with Crippen LogP contribution in [0, 0.1) is 5.82 Å². The molecular formula is C21H21ClFN5O. The Hall–Kier alpha value is -2.93. The first-order valence-corrected chi connectivity index (χ1v) is 9.82. The van der Waals surface area contributed by atoms with E-state index in [2.05, 4.69) is 21.8 Å². The predicted molar refractivity (Wildman–Crippen MR) is 112 cm³/mol. The molecule has 1 aliphatic heterocycles. The fourth-order valence-electron chi connectivity index (χ4n) is 3.55. The number of rotatable bonds is 4. The summed E-state index contributed by atoms with van der Waals surface area (Å²) in [6.07, 6.45) is 1.54. The second kappa shape index (κ2) is 8.21. The zero-order valence-corrected chi connectivity index (χ0v) is 16.8. The molecule has 0 N–H and O–H groups in total. The zero-order valence-electron chi connectivity index (χ0n) is 16.0. The van der Waals surface area contributed by atoms with Gasteiger partial charge >= 0.3 is 5.69 Å². The summed E-state index contributed by atoms with van der Waals surface area (Å²) in [4.78, 5) is 25.3. The van der Waals surface area contributed by atoms with E-state index in [9.17, 15) is 9.18 Å². The summed E-state index contributed by atoms with van der Waals surface area (Å²) in [5.41, 5.74) is 1.60. The Morgan fingerprint density at radius 1 is 1.10 bits per heavy atom. The van der Waals surface area contributed by atoms with Crippen molar-refractivity contribution in [1.29, 1.82) is 0 Å². The normalized spacial score (nSPS) is 16.9. The highest BCUT2D eigenvalue weighted by molar-refractivity contribution is 6.30. The molecule has 1 saturated heterocycles. The molecule has 0 amide bonds. The van der Waals surface area contributed by atoms with Gasteiger partial charge in [0.1, 0.15) is 12.1 Å². The zero-order chi connectivity index (χ0) is 20.4. The molecule has 1 aromatic heterocycles. The SMILES string of the molecule is CC1CN(c2ncn(Cc3ccc(Cl)cc3)c(=O)n2)CCN1c1ccc(F)cc1. The Morgan fingerprint density at radius 3 is 2.48 bits per heavy atom. The summed E-state index contributed by atoms with van der Waals surface area (Å²) >= 11 is 5.90. The van der Waals surface area contributed by atoms with E-state index in [1.165, 1.54) is 23.0 Å². The van der Waals surface area contributed by atoms with Gasteiger partial charge in [-0.3, -0.25) is 4.57 Å². The van der Waals surface area contributed by atoms with Crippen molar-refractivity contribution < 1.29 is 4.39 Å². The third kappa shape index (κ3) is 4.40. The van der Waals surface area contributed by atoms with E-state index >= 15 is 0 Å². The van der Waals surface area contributed by atoms with Crippen molar-refractivity contribution in [3.05, 3.63) is 81.7 Å². The van der Waals surface area contributed by atoms with Crippen LogP contribution in [0.25, 0.3) is 0 Å². The lowest BCUT2D eigenvalue weighted by Crippen LogP contribution is -2.53. The Balaban J connectivity index is 1.45. The van der Waals surface area contributed by atoms with E-state index in [4.69, 9.17) is 11.6 Å². The Bertz CT molecular complexity index is 1040. The first kappa shape index (κ1) is 19.4. The summed E-state index contributed by atoms with van der Waals surface area (Å²) < 4.78 is 14.7. The quantitative estimate of drug-likeness (QED) is 0.657. The van der Waals surface area contributed by atoms with Crippen LogP contribution >= 0.6 is 11.6 Å². The van der Waals surface area contributed by atoms with Crippen LogP contribution in [0.4, 0.5) is 16.0 Å². The minimum absolute atomic E-state index is 0.175. The maximum Gasteiger partial charge on any atom is 0.352 e. The molecule has 1 atom stereocenters. The Morgan fingerprint density at radius 2 is 1.83 bits per heavy atom. The molecule has 2 heterocycles. The van der Waals surface area contributed by atoms with Crippen molar-refractivity contribution in [2.75, 3.05) is 29.4 Å². The lowest BCUT2D eigenvalue weighted by Gasteiger charge is -2.41. The second-order valence-electron chi connectivity index (χ2n) is 7.16. The van der Waals surface area contributed by atoms with Gasteiger partial charge in [-0.15, -0.1) is 0 Å². The lowest BCUT2D eigenvalue weighted by atomic mass is 10.1. The molecule has 8 heteroatoms. The molecule has 1 aliphatic rings. The predicted octanol–water partition coefficient (Wildman–Crippen LogP) is 3.19. The Kier molecular flexibility index (Phi) is 5.49. The number of anilines is 2. The fraction of sp³-hybridized carbons (Fsp3) is 0.286. The van der Waals surface area contributed by atoms with Crippen molar-refractivity contribution in [2.24, 2.45) is 0 Å². The number of aromatic nitrogens is 3. The molecule has 0 aliphatic carbocycles. The largest absolute Gasteiger partial charge is 0.365 e. The highest BCUT2D eigenvalue weighted by Gasteiger charge is 2.25. The van der Waals surface area contributed by atoms with Crippen molar-refractivity contribution in [3.63, 3.8) is 0 Å². The molecule has 29 heavy (non-hydrogen) atoms. The maximum atomic E-state index is 13.2. The molecule has 2 aromatic carbocycles. The average Bonchev–Trinajstić information content (AvgIpc) is 2.72. The van der Waals surface area contributed by atoms with Gasteiger partial charge < -0.3 is 9.80 Å². The molecular weight excluding hydrogens is 393 g/mol. The van der Waals surface area contributed by atoms with Crippen LogP contribution in [0.5, 0.6) is 0 Å². The van der Waals surface area contributed by atoms with Gasteiger partial charge in [0.2, 0.25) is 5.95 Å². The van der Waals surface area contributed by atoms with Crippen molar-refractivity contribution in [1.82, 2.24) is 14.5 Å². The third-order valence-corrected chi connectivity index (χ3v) is 5.34. The lowest BCUT2D eigenvalue weighted by molar-refractivity contribution is 0.538. The van der Waals surface area contributed by atoms with Crippen LogP contribution in [-0.4, -0.2) is 40.2 Å². The highest BCUT2D eigenvalue weighted by Crippen LogP contribution is 2.22. The number of hydrogen-bond acceptors (Lipinski definition) is 5. The molecule has 0 spiro atoms. The highest BCUT2D eigenvalue weighted by atomic mass is 35.5. The van der Waals surface area contributed by atoms with Crippen LogP contribution in [0.15, 0.2) is 59.7 Å². The van der Waals surface area contributed by atoms with Gasteiger partial charge in [0.15, 0.2) is 0 Å². The summed E-state index contributed by atoms with van der Waals surface area (Å²) in [6.45, 7) is 4.59. The number of hydrogen-bond donors (Lipinski definition) is 0. The molecule has 0 bridgehead atoms. The minimum atomic E-state index is -0.335. The molecule has 1 unspecified atom stereocenters. The monoisotopic (exact) mass is 413 g/mol. The molecule has 0 saturated carbocycles. The van der Waals surface area contributed by atoms with E-state index in [0.29, 0.717) is 30.6 Å². The van der Waals surface area contributed by atoms with Gasteiger partial charge in [-0.05, 0) is 48.9 Å². The van der Waals surface area contributed by atoms with Crippen molar-refractivity contribution >= 4 is 23.2 Å². The van der Waals surface area contributed by atoms with E-state index in [1.54, 1.807) is 24.3 Å². The summed E-state index contributed by atoms with van der Waals surface area (Å²) in [6, 6.07) is 14.0. The average molecular weight is 414 g/mol. The van der Waals surface area contributed by atoms with E-state index in [-0.39, 0.29) is 17.5 Å². The van der Waals surface area contributed by atoms with Gasteiger partial charge in [-0.2, -0.15) is 4.98 Å². The number of benzene rings is 2. The van der Waals surface area contributed by atoms with Gasteiger partial charge in [0.05, 0.1) is 6.54 Å². The van der Waals surface area contributed by atoms with Gasteiger partial charge in [0, 0.05) is 36.4 Å². The molecule has 0 radical (unpaired) electrons. The van der Waals surface area contributed by atoms with E-state index in [1.807, 2.05) is 17.0 Å². The molecule has 4 rings (SSSR count). The molecule has 6 nitrogen and oxygen atoms in total. The summed E-state index contributed by atoms with van der Waals surface area (Å²) in [5, 5.41) is 0.654. The number of piperazine rings is 1. The standard InChI is InChI=1S/C21H21ClFN5O/c1-15-12-26(10-11-28(15)19-8-6-18(23)7-9-19)20-24-14-27(21(29)25-20)13-16-2-4-17(22)5-3-16/h2-9,14-15H,10-13H2,1H3. The van der Waals surface area contributed by atoms with Crippen LogP contribution < -0.4 is 15.5 Å². The molecule has 150 valence electrons. The maximum absolute atomic E-state index is 13.2. The van der Waals surface area contributed by atoms with Gasteiger partial charge in [0.25, 0.3) is 0 Å². The van der Waals surface area contributed by atoms with E-state index < -0.39 is 0 Å². The van der Waals surface area contributed by atoms with Crippen LogP contribution in [0.1, 0.15) is 12.5 Å². The first-order chi connectivity index (χ1) is 14.0. The minimum Gasteiger partial charge on any atom is -0.365 e. The van der Waals surface area contributed by atoms with Gasteiger partial charge in [-0.25, -0.2) is 14.2 Å². The molecule has 1 fully saturated rings. The van der Waals surface area contributed by atoms with Crippen molar-refractivity contribution in [2.45, 2.75) is 19.5 Å². The Labute approximate surface area is 173 Å².